The van der Waals surface area contributed by atoms with Crippen LogP contribution in [0.1, 0.15) is 380 Å². The van der Waals surface area contributed by atoms with Crippen molar-refractivity contribution in [2.45, 2.75) is 375 Å². The maximum atomic E-state index is 11.8. The van der Waals surface area contributed by atoms with Crippen molar-refractivity contribution < 1.29 is 24.2 Å². The molecule has 0 aliphatic heterocycles. The predicted molar refractivity (Wildman–Crippen MR) is 347 cm³/mol. The van der Waals surface area contributed by atoms with E-state index in [0.717, 1.165) is 43.2 Å². The van der Waals surface area contributed by atoms with Crippen molar-refractivity contribution in [2.24, 2.45) is 0 Å². The van der Waals surface area contributed by atoms with Crippen LogP contribution in [0.4, 0.5) is 0 Å². The van der Waals surface area contributed by atoms with E-state index in [1.807, 2.05) is 19.1 Å². The molecule has 0 radical (unpaired) electrons. The van der Waals surface area contributed by atoms with Crippen LogP contribution in [0.25, 0.3) is 0 Å². The second-order valence-electron chi connectivity index (χ2n) is 23.1. The Morgan fingerprint density at radius 1 is 0.395 bits per heavy atom. The molecule has 1 rings (SSSR count). The van der Waals surface area contributed by atoms with Gasteiger partial charge in [-0.25, -0.2) is 0 Å². The topological polar surface area (TPSA) is 72.8 Å². The summed E-state index contributed by atoms with van der Waals surface area (Å²) < 4.78 is 10.8. The van der Waals surface area contributed by atoms with Crippen molar-refractivity contribution in [1.82, 2.24) is 0 Å². The molecule has 0 saturated heterocycles. The molecule has 450 valence electrons. The number of carbonyl (C=O) groups is 2. The summed E-state index contributed by atoms with van der Waals surface area (Å²) in [5.74, 6) is 0.852. The van der Waals surface area contributed by atoms with E-state index in [2.05, 4.69) is 53.7 Å². The van der Waals surface area contributed by atoms with E-state index >= 15 is 0 Å². The summed E-state index contributed by atoms with van der Waals surface area (Å²) in [6.45, 7) is 16.5. The fraction of sp³-hybridized carbons (Fsp3) is 0.857. The van der Waals surface area contributed by atoms with Gasteiger partial charge in [-0.3, -0.25) is 9.59 Å². The number of benzene rings is 1. The number of aromatic hydroxyl groups is 1. The van der Waals surface area contributed by atoms with Crippen LogP contribution in [0.5, 0.6) is 5.75 Å². The fourth-order valence-electron chi connectivity index (χ4n) is 9.80. The highest BCUT2D eigenvalue weighted by Gasteiger charge is 2.06. The number of allylic oxidation sites excluding steroid dienone is 2. The minimum Gasteiger partial charge on any atom is -0.508 e. The first-order chi connectivity index (χ1) is 36.7. The summed E-state index contributed by atoms with van der Waals surface area (Å²) in [7, 11) is 0. The highest BCUT2D eigenvalue weighted by molar-refractivity contribution is 14.0. The third-order valence-electron chi connectivity index (χ3n) is 15.0. The Labute approximate surface area is 493 Å². The van der Waals surface area contributed by atoms with E-state index in [0.29, 0.717) is 37.7 Å². The molecular weight excluding hydrogens is 1050 g/mol. The monoisotopic (exact) mass is 1180 g/mol. The van der Waals surface area contributed by atoms with Gasteiger partial charge in [0.05, 0.1) is 13.2 Å². The van der Waals surface area contributed by atoms with Gasteiger partial charge < -0.3 is 14.6 Å². The molecule has 0 unspecified atom stereocenters. The van der Waals surface area contributed by atoms with Gasteiger partial charge in [-0.2, -0.15) is 0 Å². The molecule has 0 spiro atoms. The second-order valence-corrected chi connectivity index (χ2v) is 23.1. The zero-order valence-corrected chi connectivity index (χ0v) is 54.6. The molecule has 0 aromatic heterocycles. The Morgan fingerprint density at radius 3 is 0.947 bits per heavy atom. The van der Waals surface area contributed by atoms with Gasteiger partial charge in [0.25, 0.3) is 0 Å². The molecule has 0 heterocycles. The summed E-state index contributed by atoms with van der Waals surface area (Å²) in [4.78, 5) is 23.6. The zero-order chi connectivity index (χ0) is 55.2. The molecule has 0 saturated carbocycles. The molecule has 0 aliphatic carbocycles. The highest BCUT2D eigenvalue weighted by atomic mass is 127. The number of phenols is 1. The minimum atomic E-state index is 0. The van der Waals surface area contributed by atoms with Crippen molar-refractivity contribution in [2.75, 3.05) is 13.2 Å². The number of carbonyl (C=O) groups excluding carboxylic acids is 2. The third-order valence-corrected chi connectivity index (χ3v) is 15.0. The molecule has 1 N–H and O–H groups in total. The number of unbranched alkanes of at least 4 members (excludes halogenated alkanes) is 43. The van der Waals surface area contributed by atoms with E-state index in [-0.39, 0.29) is 35.9 Å². The quantitative estimate of drug-likeness (QED) is 0.0305. The van der Waals surface area contributed by atoms with E-state index in [1.54, 1.807) is 6.07 Å². The first-order valence-corrected chi connectivity index (χ1v) is 33.5. The summed E-state index contributed by atoms with van der Waals surface area (Å²) in [5, 5.41) is 9.46. The highest BCUT2D eigenvalue weighted by Crippen LogP contribution is 2.26. The van der Waals surface area contributed by atoms with Gasteiger partial charge in [0, 0.05) is 12.8 Å². The molecular formula is C70H133IO5. The maximum absolute atomic E-state index is 11.8. The lowest BCUT2D eigenvalue weighted by molar-refractivity contribution is -0.144. The minimum absolute atomic E-state index is 0. The van der Waals surface area contributed by atoms with Gasteiger partial charge in [0.2, 0.25) is 0 Å². The van der Waals surface area contributed by atoms with E-state index in [1.165, 1.54) is 276 Å². The van der Waals surface area contributed by atoms with Gasteiger partial charge in [0.15, 0.2) is 0 Å². The molecule has 1 aromatic rings. The Hall–Kier alpha value is -1.57. The van der Waals surface area contributed by atoms with E-state index in [9.17, 15) is 14.7 Å². The molecule has 5 nitrogen and oxygen atoms in total. The zero-order valence-electron chi connectivity index (χ0n) is 52.2. The van der Waals surface area contributed by atoms with Crippen LogP contribution in [0.2, 0.25) is 0 Å². The summed E-state index contributed by atoms with van der Waals surface area (Å²) in [6.07, 6.45) is 69.5. The maximum Gasteiger partial charge on any atom is 0.305 e. The van der Waals surface area contributed by atoms with Crippen molar-refractivity contribution >= 4 is 35.9 Å². The SMILES string of the molecule is CCCC/C=C\CCCCCCCC(=O)OCCCCCCCCCCCCCCCC.CCCCCCCCCCCCCCCCOC(=O)CCCCCCCCCCCCC.Cc1ccc(C(C)C)c(O)c1.I. The van der Waals surface area contributed by atoms with Gasteiger partial charge in [-0.05, 0) is 75.0 Å². The van der Waals surface area contributed by atoms with Crippen molar-refractivity contribution in [1.29, 1.82) is 0 Å². The average molecular weight is 1180 g/mol. The van der Waals surface area contributed by atoms with E-state index in [4.69, 9.17) is 9.47 Å². The number of rotatable bonds is 54. The van der Waals surface area contributed by atoms with Crippen molar-refractivity contribution in [3.05, 3.63) is 41.5 Å². The van der Waals surface area contributed by atoms with Gasteiger partial charge in [-0.15, -0.1) is 24.0 Å². The standard InChI is InChI=1S/C30H60O2.C30H58O2.C10H14O.HI/c2*1-3-5-7-9-11-13-15-16-17-19-21-23-25-27-29-32-30(31)28-26-24-22-20-18-14-12-10-8-6-4-2;1-7(2)9-5-4-8(3)6-10(9)11;/h3-29H2,1-2H3;10,12H,3-9,11,13-29H2,1-2H3;4-7,11H,1-3H3;1H/b;12-10-;;. The summed E-state index contributed by atoms with van der Waals surface area (Å²) in [6, 6.07) is 5.81. The third kappa shape index (κ3) is 65.0. The number of aryl methyl sites for hydroxylation is 1. The Morgan fingerprint density at radius 2 is 0.658 bits per heavy atom. The van der Waals surface area contributed by atoms with Crippen molar-refractivity contribution in [3.8, 4) is 5.75 Å². The molecule has 0 bridgehead atoms. The number of halogens is 1. The van der Waals surface area contributed by atoms with Crippen LogP contribution < -0.4 is 0 Å². The van der Waals surface area contributed by atoms with Crippen LogP contribution in [0, 0.1) is 6.92 Å². The van der Waals surface area contributed by atoms with Crippen LogP contribution in [-0.2, 0) is 19.1 Å². The normalized spacial score (nSPS) is 11.1. The molecule has 0 fully saturated rings. The Kier molecular flexibility index (Phi) is 70.1. The second kappa shape index (κ2) is 67.7. The Balaban J connectivity index is -0.00000115. The summed E-state index contributed by atoms with van der Waals surface area (Å²) >= 11 is 0. The number of hydrogen-bond acceptors (Lipinski definition) is 5. The van der Waals surface area contributed by atoms with Crippen LogP contribution in [0.15, 0.2) is 30.4 Å². The van der Waals surface area contributed by atoms with Crippen LogP contribution in [0.3, 0.4) is 0 Å². The van der Waals surface area contributed by atoms with Gasteiger partial charge in [0.1, 0.15) is 5.75 Å². The lowest BCUT2D eigenvalue weighted by Crippen LogP contribution is -2.05. The molecule has 6 heteroatoms. The predicted octanol–water partition coefficient (Wildman–Crippen LogP) is 24.6. The van der Waals surface area contributed by atoms with Gasteiger partial charge >= 0.3 is 11.9 Å². The van der Waals surface area contributed by atoms with E-state index < -0.39 is 0 Å². The first kappa shape index (κ1) is 78.7. The molecule has 0 amide bonds. The number of ether oxygens (including phenoxy) is 2. The molecule has 1 aromatic carbocycles. The largest absolute Gasteiger partial charge is 0.508 e. The molecule has 0 aliphatic rings. The summed E-state index contributed by atoms with van der Waals surface area (Å²) in [5.41, 5.74) is 2.13. The van der Waals surface area contributed by atoms with Gasteiger partial charge in [-0.1, -0.05) is 329 Å². The smallest absolute Gasteiger partial charge is 0.305 e. The van der Waals surface area contributed by atoms with Crippen LogP contribution in [-0.4, -0.2) is 30.3 Å². The average Bonchev–Trinajstić information content (AvgIpc) is 3.39. The Bertz CT molecular complexity index is 1310. The lowest BCUT2D eigenvalue weighted by atomic mass is 10.0. The number of phenolic OH excluding ortho intramolecular Hbond substituents is 1. The first-order valence-electron chi connectivity index (χ1n) is 33.5. The van der Waals surface area contributed by atoms with Crippen molar-refractivity contribution in [3.63, 3.8) is 0 Å². The number of hydrogen-bond donors (Lipinski definition) is 1. The lowest BCUT2D eigenvalue weighted by Gasteiger charge is -2.07. The molecule has 0 atom stereocenters. The molecule has 76 heavy (non-hydrogen) atoms. The number of esters is 2. The van der Waals surface area contributed by atoms with Crippen LogP contribution >= 0.6 is 24.0 Å². The fourth-order valence-corrected chi connectivity index (χ4v) is 9.80.